The molecule has 5 nitrogen and oxygen atoms in total. The molecule has 0 saturated heterocycles. The van der Waals surface area contributed by atoms with Gasteiger partial charge in [0.2, 0.25) is 0 Å². The Morgan fingerprint density at radius 2 is 2.11 bits per heavy atom. The Bertz CT molecular complexity index is 611. The van der Waals surface area contributed by atoms with Crippen molar-refractivity contribution in [3.8, 4) is 5.75 Å². The SMILES string of the molecule is CCNC(=NCC(CC)Oc1ccccc1F)NCCC1=CCOCC1.I. The fraction of sp³-hybridized carbons (Fsp3) is 0.550. The molecule has 0 amide bonds. The van der Waals surface area contributed by atoms with Crippen LogP contribution in [0.2, 0.25) is 0 Å². The summed E-state index contributed by atoms with van der Waals surface area (Å²) in [4.78, 5) is 4.60. The predicted octanol–water partition coefficient (Wildman–Crippen LogP) is 3.89. The van der Waals surface area contributed by atoms with Crippen molar-refractivity contribution < 1.29 is 13.9 Å². The fourth-order valence-corrected chi connectivity index (χ4v) is 2.64. The lowest BCUT2D eigenvalue weighted by molar-refractivity contribution is 0.153. The van der Waals surface area contributed by atoms with Gasteiger partial charge in [-0.15, -0.1) is 24.0 Å². The second kappa shape index (κ2) is 13.8. The smallest absolute Gasteiger partial charge is 0.191 e. The van der Waals surface area contributed by atoms with Gasteiger partial charge in [0.05, 0.1) is 19.8 Å². The van der Waals surface area contributed by atoms with Crippen LogP contribution in [0.25, 0.3) is 0 Å². The number of hydrogen-bond donors (Lipinski definition) is 2. The number of para-hydroxylation sites is 1. The lowest BCUT2D eigenvalue weighted by atomic mass is 10.1. The third kappa shape index (κ3) is 8.92. The van der Waals surface area contributed by atoms with E-state index < -0.39 is 0 Å². The zero-order valence-electron chi connectivity index (χ0n) is 16.2. The average Bonchev–Trinajstić information content (AvgIpc) is 2.67. The Morgan fingerprint density at radius 3 is 2.78 bits per heavy atom. The van der Waals surface area contributed by atoms with Crippen molar-refractivity contribution in [1.82, 2.24) is 10.6 Å². The van der Waals surface area contributed by atoms with Crippen LogP contribution in [0.1, 0.15) is 33.1 Å². The Morgan fingerprint density at radius 1 is 1.30 bits per heavy atom. The molecule has 1 aliphatic heterocycles. The summed E-state index contributed by atoms with van der Waals surface area (Å²) in [5.74, 6) is 0.694. The van der Waals surface area contributed by atoms with Crippen LogP contribution in [0.4, 0.5) is 4.39 Å². The van der Waals surface area contributed by atoms with E-state index in [2.05, 4.69) is 21.7 Å². The first kappa shape index (κ1) is 23.7. The Hall–Kier alpha value is -1.35. The van der Waals surface area contributed by atoms with E-state index in [9.17, 15) is 4.39 Å². The first-order valence-electron chi connectivity index (χ1n) is 9.42. The molecule has 0 saturated carbocycles. The summed E-state index contributed by atoms with van der Waals surface area (Å²) in [6.07, 6.45) is 4.73. The summed E-state index contributed by atoms with van der Waals surface area (Å²) in [5.41, 5.74) is 1.42. The number of nitrogens with one attached hydrogen (secondary N) is 2. The third-order valence-electron chi connectivity index (χ3n) is 4.18. The van der Waals surface area contributed by atoms with Gasteiger partial charge in [0.25, 0.3) is 0 Å². The molecule has 1 atom stereocenters. The normalized spacial score (nSPS) is 15.4. The average molecular weight is 491 g/mol. The van der Waals surface area contributed by atoms with Crippen LogP contribution in [0.15, 0.2) is 40.9 Å². The molecule has 0 fully saturated rings. The van der Waals surface area contributed by atoms with Crippen molar-refractivity contribution in [2.24, 2.45) is 4.99 Å². The van der Waals surface area contributed by atoms with E-state index in [1.54, 1.807) is 18.2 Å². The maximum Gasteiger partial charge on any atom is 0.191 e. The summed E-state index contributed by atoms with van der Waals surface area (Å²) in [5, 5.41) is 6.59. The van der Waals surface area contributed by atoms with Gasteiger partial charge in [-0.05, 0) is 38.3 Å². The topological polar surface area (TPSA) is 54.9 Å². The third-order valence-corrected chi connectivity index (χ3v) is 4.18. The second-order valence-electron chi connectivity index (χ2n) is 6.16. The molecule has 0 radical (unpaired) electrons. The lowest BCUT2D eigenvalue weighted by Crippen LogP contribution is -2.39. The largest absolute Gasteiger partial charge is 0.485 e. The summed E-state index contributed by atoms with van der Waals surface area (Å²) >= 11 is 0. The number of rotatable bonds is 9. The van der Waals surface area contributed by atoms with Gasteiger partial charge in [-0.3, -0.25) is 0 Å². The first-order valence-corrected chi connectivity index (χ1v) is 9.42. The molecular weight excluding hydrogens is 460 g/mol. The van der Waals surface area contributed by atoms with E-state index >= 15 is 0 Å². The second-order valence-corrected chi connectivity index (χ2v) is 6.16. The highest BCUT2D eigenvalue weighted by atomic mass is 127. The molecule has 0 aliphatic carbocycles. The van der Waals surface area contributed by atoms with Crippen molar-refractivity contribution in [2.45, 2.75) is 39.2 Å². The van der Waals surface area contributed by atoms with Crippen LogP contribution in [0.5, 0.6) is 5.75 Å². The minimum atomic E-state index is -0.343. The molecule has 1 aromatic rings. The highest BCUT2D eigenvalue weighted by Crippen LogP contribution is 2.18. The minimum absolute atomic E-state index is 0. The molecule has 0 aromatic heterocycles. The molecule has 7 heteroatoms. The maximum absolute atomic E-state index is 13.7. The van der Waals surface area contributed by atoms with Gasteiger partial charge in [-0.1, -0.05) is 30.7 Å². The van der Waals surface area contributed by atoms with E-state index in [1.807, 2.05) is 13.8 Å². The van der Waals surface area contributed by atoms with Crippen molar-refractivity contribution in [3.05, 3.63) is 41.7 Å². The molecule has 0 bridgehead atoms. The van der Waals surface area contributed by atoms with Gasteiger partial charge in [0.15, 0.2) is 17.5 Å². The number of hydrogen-bond acceptors (Lipinski definition) is 3. The molecule has 152 valence electrons. The van der Waals surface area contributed by atoms with Gasteiger partial charge in [0, 0.05) is 13.1 Å². The zero-order chi connectivity index (χ0) is 18.6. The number of guanidine groups is 1. The van der Waals surface area contributed by atoms with E-state index in [1.165, 1.54) is 11.6 Å². The first-order chi connectivity index (χ1) is 12.7. The number of aliphatic imine (C=N–C) groups is 1. The van der Waals surface area contributed by atoms with Crippen LogP contribution < -0.4 is 15.4 Å². The van der Waals surface area contributed by atoms with Crippen LogP contribution in [-0.2, 0) is 4.74 Å². The van der Waals surface area contributed by atoms with Gasteiger partial charge >= 0.3 is 0 Å². The number of nitrogens with zero attached hydrogens (tertiary/aromatic N) is 1. The quantitative estimate of drug-likeness (QED) is 0.238. The lowest BCUT2D eigenvalue weighted by Gasteiger charge is -2.18. The fourth-order valence-electron chi connectivity index (χ4n) is 2.64. The Kier molecular flexibility index (Phi) is 12.1. The number of halogens is 2. The minimum Gasteiger partial charge on any atom is -0.485 e. The maximum atomic E-state index is 13.7. The Balaban J connectivity index is 0.00000364. The van der Waals surface area contributed by atoms with E-state index in [0.717, 1.165) is 51.5 Å². The van der Waals surface area contributed by atoms with Gasteiger partial charge in [-0.2, -0.15) is 0 Å². The van der Waals surface area contributed by atoms with Crippen LogP contribution in [-0.4, -0.2) is 44.9 Å². The summed E-state index contributed by atoms with van der Waals surface area (Å²) in [6.45, 7) is 7.65. The molecule has 0 spiro atoms. The van der Waals surface area contributed by atoms with Crippen LogP contribution in [0, 0.1) is 5.82 Å². The van der Waals surface area contributed by atoms with Crippen LogP contribution >= 0.6 is 24.0 Å². The Labute approximate surface area is 178 Å². The highest BCUT2D eigenvalue weighted by Gasteiger charge is 2.11. The summed E-state index contributed by atoms with van der Waals surface area (Å²) < 4.78 is 24.8. The monoisotopic (exact) mass is 491 g/mol. The molecule has 1 aliphatic rings. The van der Waals surface area contributed by atoms with Crippen molar-refractivity contribution in [3.63, 3.8) is 0 Å². The molecule has 1 heterocycles. The van der Waals surface area contributed by atoms with Gasteiger partial charge in [-0.25, -0.2) is 9.38 Å². The van der Waals surface area contributed by atoms with Gasteiger partial charge < -0.3 is 20.1 Å². The van der Waals surface area contributed by atoms with E-state index in [0.29, 0.717) is 6.54 Å². The highest BCUT2D eigenvalue weighted by molar-refractivity contribution is 14.0. The predicted molar refractivity (Wildman–Crippen MR) is 119 cm³/mol. The molecule has 1 aromatic carbocycles. The summed E-state index contributed by atoms with van der Waals surface area (Å²) in [6, 6.07) is 6.47. The molecule has 1 unspecified atom stereocenters. The molecule has 2 rings (SSSR count). The standard InChI is InChI=1S/C20H30FN3O2.HI/c1-3-17(26-19-8-6-5-7-18(19)21)15-24-20(22-4-2)23-12-9-16-10-13-25-14-11-16;/h5-8,10,17H,3-4,9,11-15H2,1-2H3,(H2,22,23,24);1H. The number of benzene rings is 1. The van der Waals surface area contributed by atoms with Gasteiger partial charge in [0.1, 0.15) is 6.10 Å². The van der Waals surface area contributed by atoms with E-state index in [4.69, 9.17) is 9.47 Å². The summed E-state index contributed by atoms with van der Waals surface area (Å²) in [7, 11) is 0. The molecular formula is C20H31FIN3O2. The zero-order valence-corrected chi connectivity index (χ0v) is 18.5. The van der Waals surface area contributed by atoms with Crippen molar-refractivity contribution >= 4 is 29.9 Å². The van der Waals surface area contributed by atoms with Crippen molar-refractivity contribution in [2.75, 3.05) is 32.8 Å². The van der Waals surface area contributed by atoms with E-state index in [-0.39, 0.29) is 41.6 Å². The number of ether oxygens (including phenoxy) is 2. The molecule has 2 N–H and O–H groups in total. The molecule has 27 heavy (non-hydrogen) atoms. The van der Waals surface area contributed by atoms with Crippen molar-refractivity contribution in [1.29, 1.82) is 0 Å². The van der Waals surface area contributed by atoms with Crippen LogP contribution in [0.3, 0.4) is 0 Å².